The van der Waals surface area contributed by atoms with E-state index in [0.29, 0.717) is 11.1 Å². The van der Waals surface area contributed by atoms with E-state index >= 15 is 0 Å². The molecule has 0 saturated carbocycles. The fourth-order valence-corrected chi connectivity index (χ4v) is 3.04. The summed E-state index contributed by atoms with van der Waals surface area (Å²) in [5.74, 6) is -1.09. The molecule has 2 aromatic carbocycles. The van der Waals surface area contributed by atoms with E-state index < -0.39 is 35.9 Å². The van der Waals surface area contributed by atoms with Gasteiger partial charge in [0.2, 0.25) is 0 Å². The fraction of sp³-hybridized carbons (Fsp3) is 0.273. The van der Waals surface area contributed by atoms with Gasteiger partial charge in [0, 0.05) is 0 Å². The van der Waals surface area contributed by atoms with Crippen LogP contribution in [-0.4, -0.2) is 42.1 Å². The highest BCUT2D eigenvalue weighted by Gasteiger charge is 2.54. The summed E-state index contributed by atoms with van der Waals surface area (Å²) in [5.41, 5.74) is -0.283. The summed E-state index contributed by atoms with van der Waals surface area (Å²) in [6, 6.07) is 17.0. The number of hydrogen-bond donors (Lipinski definition) is 1. The summed E-state index contributed by atoms with van der Waals surface area (Å²) in [7, 11) is 0. The predicted molar refractivity (Wildman–Crippen MR) is 102 cm³/mol. The quantitative estimate of drug-likeness (QED) is 0.611. The summed E-state index contributed by atoms with van der Waals surface area (Å²) in [5, 5.41) is 10.3. The molecule has 4 atom stereocenters. The molecule has 0 radical (unpaired) electrons. The van der Waals surface area contributed by atoms with Gasteiger partial charge in [-0.2, -0.15) is 0 Å². The van der Waals surface area contributed by atoms with Gasteiger partial charge < -0.3 is 19.3 Å². The van der Waals surface area contributed by atoms with Crippen molar-refractivity contribution in [2.24, 2.45) is 5.41 Å². The minimum atomic E-state index is -1.25. The average Bonchev–Trinajstić information content (AvgIpc) is 2.98. The molecular formula is C22H22O6. The molecule has 1 N–H and O–H groups in total. The molecule has 1 fully saturated rings. The average molecular weight is 382 g/mol. The zero-order valence-corrected chi connectivity index (χ0v) is 15.5. The maximum Gasteiger partial charge on any atom is 0.338 e. The second-order valence-corrected chi connectivity index (χ2v) is 6.75. The van der Waals surface area contributed by atoms with Crippen molar-refractivity contribution in [3.8, 4) is 0 Å². The van der Waals surface area contributed by atoms with Crippen LogP contribution in [0, 0.1) is 5.41 Å². The van der Waals surface area contributed by atoms with Gasteiger partial charge in [-0.3, -0.25) is 0 Å². The van der Waals surface area contributed by atoms with E-state index in [-0.39, 0.29) is 6.61 Å². The maximum atomic E-state index is 12.5. The van der Waals surface area contributed by atoms with Crippen LogP contribution in [0.15, 0.2) is 73.3 Å². The molecule has 1 aliphatic rings. The summed E-state index contributed by atoms with van der Waals surface area (Å²) in [6.07, 6.45) is -1.48. The number of aliphatic hydroxyl groups excluding tert-OH is 1. The molecule has 28 heavy (non-hydrogen) atoms. The van der Waals surface area contributed by atoms with Crippen molar-refractivity contribution in [1.29, 1.82) is 0 Å². The number of carbonyl (C=O) groups is 2. The number of esters is 2. The van der Waals surface area contributed by atoms with Crippen LogP contribution in [0.5, 0.6) is 0 Å². The van der Waals surface area contributed by atoms with Crippen molar-refractivity contribution >= 4 is 11.9 Å². The SMILES string of the molecule is C=C[C@@]1(C)C(O)O[C@H](COC(=O)c2ccccc2)[C@H]1OC(=O)c1ccccc1. The first kappa shape index (κ1) is 19.8. The topological polar surface area (TPSA) is 82.1 Å². The van der Waals surface area contributed by atoms with Crippen LogP contribution in [0.1, 0.15) is 27.6 Å². The third kappa shape index (κ3) is 3.98. The second kappa shape index (κ2) is 8.37. The van der Waals surface area contributed by atoms with E-state index in [1.807, 2.05) is 0 Å². The smallest absolute Gasteiger partial charge is 0.338 e. The van der Waals surface area contributed by atoms with Crippen molar-refractivity contribution in [2.45, 2.75) is 25.4 Å². The molecule has 6 nitrogen and oxygen atoms in total. The van der Waals surface area contributed by atoms with Gasteiger partial charge in [0.1, 0.15) is 18.8 Å². The lowest BCUT2D eigenvalue weighted by Crippen LogP contribution is -2.42. The lowest BCUT2D eigenvalue weighted by Gasteiger charge is -2.29. The Bertz CT molecular complexity index is 835. The van der Waals surface area contributed by atoms with Gasteiger partial charge in [-0.25, -0.2) is 9.59 Å². The summed E-state index contributed by atoms with van der Waals surface area (Å²) >= 11 is 0. The van der Waals surface area contributed by atoms with Crippen LogP contribution < -0.4 is 0 Å². The molecule has 1 aliphatic heterocycles. The first-order chi connectivity index (χ1) is 13.5. The Labute approximate surface area is 163 Å². The van der Waals surface area contributed by atoms with E-state index in [4.69, 9.17) is 14.2 Å². The predicted octanol–water partition coefficient (Wildman–Crippen LogP) is 2.98. The normalized spacial score (nSPS) is 26.4. The number of hydrogen-bond acceptors (Lipinski definition) is 6. The van der Waals surface area contributed by atoms with Gasteiger partial charge in [0.05, 0.1) is 16.5 Å². The molecule has 6 heteroatoms. The minimum absolute atomic E-state index is 0.180. The highest BCUT2D eigenvalue weighted by Crippen LogP contribution is 2.41. The van der Waals surface area contributed by atoms with Gasteiger partial charge in [-0.15, -0.1) is 6.58 Å². The Kier molecular flexibility index (Phi) is 5.92. The third-order valence-corrected chi connectivity index (χ3v) is 4.86. The molecule has 0 aliphatic carbocycles. The number of rotatable bonds is 6. The molecular weight excluding hydrogens is 360 g/mol. The van der Waals surface area contributed by atoms with Crippen LogP contribution in [0.25, 0.3) is 0 Å². The molecule has 1 heterocycles. The Morgan fingerprint density at radius 1 is 1.07 bits per heavy atom. The number of ether oxygens (including phenoxy) is 3. The Balaban J connectivity index is 1.74. The van der Waals surface area contributed by atoms with Crippen molar-refractivity contribution < 1.29 is 28.9 Å². The fourth-order valence-electron chi connectivity index (χ4n) is 3.04. The third-order valence-electron chi connectivity index (χ3n) is 4.86. The highest BCUT2D eigenvalue weighted by atomic mass is 16.7. The van der Waals surface area contributed by atoms with E-state index in [9.17, 15) is 14.7 Å². The lowest BCUT2D eigenvalue weighted by atomic mass is 9.83. The first-order valence-corrected chi connectivity index (χ1v) is 8.91. The van der Waals surface area contributed by atoms with Crippen molar-refractivity contribution in [1.82, 2.24) is 0 Å². The van der Waals surface area contributed by atoms with Crippen LogP contribution >= 0.6 is 0 Å². The lowest BCUT2D eigenvalue weighted by molar-refractivity contribution is -0.128. The maximum absolute atomic E-state index is 12.5. The Hall–Kier alpha value is -2.96. The zero-order chi connectivity index (χ0) is 20.1. The first-order valence-electron chi connectivity index (χ1n) is 8.91. The standard InChI is InChI=1S/C22H22O6/c1-3-22(2)18(28-20(24)16-12-8-5-9-13-16)17(27-21(22)25)14-26-19(23)15-10-6-4-7-11-15/h3-13,17-18,21,25H,1,14H2,2H3/t17-,18-,21?,22-/m1/s1. The molecule has 1 saturated heterocycles. The number of carbonyl (C=O) groups excluding carboxylic acids is 2. The minimum Gasteiger partial charge on any atom is -0.459 e. The Morgan fingerprint density at radius 3 is 2.14 bits per heavy atom. The second-order valence-electron chi connectivity index (χ2n) is 6.75. The molecule has 0 aromatic heterocycles. The molecule has 0 bridgehead atoms. The van der Waals surface area contributed by atoms with Gasteiger partial charge in [0.15, 0.2) is 6.29 Å². The van der Waals surface area contributed by atoms with Crippen molar-refractivity contribution in [3.05, 3.63) is 84.4 Å². The van der Waals surface area contributed by atoms with Gasteiger partial charge in [-0.05, 0) is 31.2 Å². The van der Waals surface area contributed by atoms with E-state index in [1.54, 1.807) is 67.6 Å². The number of benzene rings is 2. The van der Waals surface area contributed by atoms with Crippen LogP contribution in [0.2, 0.25) is 0 Å². The van der Waals surface area contributed by atoms with E-state index in [2.05, 4.69) is 6.58 Å². The largest absolute Gasteiger partial charge is 0.459 e. The van der Waals surface area contributed by atoms with E-state index in [0.717, 1.165) is 0 Å². The Morgan fingerprint density at radius 2 is 1.61 bits per heavy atom. The molecule has 0 spiro atoms. The molecule has 3 rings (SSSR count). The van der Waals surface area contributed by atoms with Crippen LogP contribution in [-0.2, 0) is 14.2 Å². The molecule has 146 valence electrons. The van der Waals surface area contributed by atoms with Crippen LogP contribution in [0.4, 0.5) is 0 Å². The summed E-state index contributed by atoms with van der Waals surface area (Å²) in [6.45, 7) is 5.23. The summed E-state index contributed by atoms with van der Waals surface area (Å²) in [4.78, 5) is 24.7. The highest BCUT2D eigenvalue weighted by molar-refractivity contribution is 5.90. The monoisotopic (exact) mass is 382 g/mol. The van der Waals surface area contributed by atoms with Gasteiger partial charge in [-0.1, -0.05) is 42.5 Å². The van der Waals surface area contributed by atoms with Gasteiger partial charge >= 0.3 is 11.9 Å². The molecule has 1 unspecified atom stereocenters. The molecule has 2 aromatic rings. The van der Waals surface area contributed by atoms with Crippen molar-refractivity contribution in [2.75, 3.05) is 6.61 Å². The number of aliphatic hydroxyl groups is 1. The van der Waals surface area contributed by atoms with Crippen LogP contribution in [0.3, 0.4) is 0 Å². The summed E-state index contributed by atoms with van der Waals surface area (Å²) < 4.78 is 16.5. The van der Waals surface area contributed by atoms with Gasteiger partial charge in [0.25, 0.3) is 0 Å². The van der Waals surface area contributed by atoms with E-state index in [1.165, 1.54) is 6.08 Å². The zero-order valence-electron chi connectivity index (χ0n) is 15.5. The van der Waals surface area contributed by atoms with Crippen molar-refractivity contribution in [3.63, 3.8) is 0 Å². The molecule has 0 amide bonds.